The minimum absolute atomic E-state index is 0.0115. The first-order chi connectivity index (χ1) is 9.25. The van der Waals surface area contributed by atoms with Crippen LogP contribution in [0.1, 0.15) is 45.0 Å². The summed E-state index contributed by atoms with van der Waals surface area (Å²) >= 11 is 1.58. The van der Waals surface area contributed by atoms with E-state index in [4.69, 9.17) is 0 Å². The minimum Gasteiger partial charge on any atom is -0.298 e. The molecule has 0 saturated heterocycles. The molecule has 0 aromatic carbocycles. The molecular weight excluding hydrogens is 268 g/mol. The summed E-state index contributed by atoms with van der Waals surface area (Å²) in [5, 5.41) is 0.767. The van der Waals surface area contributed by atoms with E-state index < -0.39 is 0 Å². The summed E-state index contributed by atoms with van der Waals surface area (Å²) in [5.41, 5.74) is 2.11. The number of Topliss-reactive ketones (excluding diaryl/α,β-unsaturated/α-hetero) is 1. The predicted molar refractivity (Wildman–Crippen MR) is 80.8 cm³/mol. The zero-order chi connectivity index (χ0) is 14.7. The van der Waals surface area contributed by atoms with Crippen molar-refractivity contribution in [3.8, 4) is 0 Å². The van der Waals surface area contributed by atoms with Gasteiger partial charge < -0.3 is 0 Å². The van der Waals surface area contributed by atoms with Crippen LogP contribution in [0.2, 0.25) is 0 Å². The fraction of sp³-hybridized carbons (Fsp3) is 0.688. The van der Waals surface area contributed by atoms with Crippen molar-refractivity contribution >= 4 is 17.5 Å². The van der Waals surface area contributed by atoms with Gasteiger partial charge in [-0.15, -0.1) is 0 Å². The zero-order valence-electron chi connectivity index (χ0n) is 12.9. The fourth-order valence-corrected chi connectivity index (χ4v) is 5.59. The third kappa shape index (κ3) is 1.77. The molecule has 0 N–H and O–H groups in total. The molecule has 0 spiro atoms. The lowest BCUT2D eigenvalue weighted by atomic mass is 9.71. The summed E-state index contributed by atoms with van der Waals surface area (Å²) in [5.74, 6) is 0.632. The summed E-state index contributed by atoms with van der Waals surface area (Å²) in [7, 11) is 0. The number of nitrogens with zero attached hydrogens (tertiary/aromatic N) is 2. The normalized spacial score (nSPS) is 34.8. The molecule has 2 saturated carbocycles. The molecule has 1 aromatic rings. The maximum absolute atomic E-state index is 12.7. The van der Waals surface area contributed by atoms with Crippen molar-refractivity contribution in [2.75, 3.05) is 0 Å². The van der Waals surface area contributed by atoms with E-state index in [1.54, 1.807) is 11.8 Å². The molecule has 0 radical (unpaired) electrons. The second-order valence-electron chi connectivity index (χ2n) is 7.06. The van der Waals surface area contributed by atoms with Crippen LogP contribution in [0, 0.1) is 30.6 Å². The van der Waals surface area contributed by atoms with E-state index in [0.717, 1.165) is 29.4 Å². The zero-order valence-corrected chi connectivity index (χ0v) is 13.7. The number of hydrogen-bond donors (Lipinski definition) is 0. The SMILES string of the molecule is Cc1cc(C)nc(S[C@H]2C(=O)[C@H]3CC[C@@]2(C)C3(C)C)n1. The highest BCUT2D eigenvalue weighted by Crippen LogP contribution is 2.67. The number of aromatic nitrogens is 2. The van der Waals surface area contributed by atoms with E-state index in [1.807, 2.05) is 19.9 Å². The van der Waals surface area contributed by atoms with Gasteiger partial charge in [-0.25, -0.2) is 9.97 Å². The van der Waals surface area contributed by atoms with Crippen molar-refractivity contribution < 1.29 is 4.79 Å². The first-order valence-corrected chi connectivity index (χ1v) is 8.16. The Morgan fingerprint density at radius 1 is 1.20 bits per heavy atom. The topological polar surface area (TPSA) is 42.9 Å². The molecule has 0 unspecified atom stereocenters. The van der Waals surface area contributed by atoms with Crippen LogP contribution in [0.25, 0.3) is 0 Å². The van der Waals surface area contributed by atoms with E-state index in [0.29, 0.717) is 5.78 Å². The molecule has 2 fully saturated rings. The van der Waals surface area contributed by atoms with Crippen LogP contribution in [-0.2, 0) is 4.79 Å². The average Bonchev–Trinajstić information content (AvgIpc) is 2.62. The maximum Gasteiger partial charge on any atom is 0.188 e. The van der Waals surface area contributed by atoms with Gasteiger partial charge in [0.15, 0.2) is 5.16 Å². The van der Waals surface area contributed by atoms with Gasteiger partial charge in [0.25, 0.3) is 0 Å². The molecule has 20 heavy (non-hydrogen) atoms. The van der Waals surface area contributed by atoms with Gasteiger partial charge in [-0.3, -0.25) is 4.79 Å². The lowest BCUT2D eigenvalue weighted by molar-refractivity contribution is -0.122. The lowest BCUT2D eigenvalue weighted by Crippen LogP contribution is -2.35. The summed E-state index contributed by atoms with van der Waals surface area (Å²) in [6.07, 6.45) is 2.19. The smallest absolute Gasteiger partial charge is 0.188 e. The van der Waals surface area contributed by atoms with Crippen molar-refractivity contribution in [2.45, 2.75) is 57.9 Å². The molecule has 3 atom stereocenters. The van der Waals surface area contributed by atoms with E-state index >= 15 is 0 Å². The number of ketones is 1. The molecule has 0 aliphatic heterocycles. The Bertz CT molecular complexity index is 564. The van der Waals surface area contributed by atoms with Gasteiger partial charge in [-0.2, -0.15) is 0 Å². The maximum atomic E-state index is 12.7. The molecule has 1 heterocycles. The third-order valence-electron chi connectivity index (χ3n) is 5.66. The Morgan fingerprint density at radius 3 is 2.30 bits per heavy atom. The number of rotatable bonds is 2. The quantitative estimate of drug-likeness (QED) is 0.781. The standard InChI is InChI=1S/C16H22N2OS/c1-9-8-10(2)18-14(17-9)20-13-12(19)11-6-7-16(13,5)15(11,3)4/h8,11,13H,6-7H2,1-5H3/t11-,13+,16-/m1/s1. The van der Waals surface area contributed by atoms with Crippen molar-refractivity contribution in [2.24, 2.45) is 16.7 Å². The molecule has 0 amide bonds. The first-order valence-electron chi connectivity index (χ1n) is 7.28. The molecular formula is C16H22N2OS. The highest BCUT2D eigenvalue weighted by atomic mass is 32.2. The Labute approximate surface area is 125 Å². The number of fused-ring (bicyclic) bond motifs is 2. The minimum atomic E-state index is 0.0115. The van der Waals surface area contributed by atoms with Crippen LogP contribution >= 0.6 is 11.8 Å². The lowest BCUT2D eigenvalue weighted by Gasteiger charge is -2.37. The van der Waals surface area contributed by atoms with Gasteiger partial charge in [0.05, 0.1) is 5.25 Å². The molecule has 3 rings (SSSR count). The second kappa shape index (κ2) is 4.30. The summed E-state index contributed by atoms with van der Waals surface area (Å²) in [6, 6.07) is 1.97. The molecule has 2 bridgehead atoms. The first kappa shape index (κ1) is 14.1. The largest absolute Gasteiger partial charge is 0.298 e. The van der Waals surface area contributed by atoms with E-state index in [1.165, 1.54) is 0 Å². The highest BCUT2D eigenvalue weighted by molar-refractivity contribution is 8.00. The molecule has 2 aliphatic carbocycles. The van der Waals surface area contributed by atoms with Crippen LogP contribution in [0.15, 0.2) is 11.2 Å². The molecule has 3 nitrogen and oxygen atoms in total. The molecule has 1 aromatic heterocycles. The Hall–Kier alpha value is -0.900. The van der Waals surface area contributed by atoms with E-state index in [2.05, 4.69) is 30.7 Å². The van der Waals surface area contributed by atoms with Crippen LogP contribution in [0.4, 0.5) is 0 Å². The van der Waals surface area contributed by atoms with Gasteiger partial charge in [0.2, 0.25) is 0 Å². The summed E-state index contributed by atoms with van der Waals surface area (Å²) in [6.45, 7) is 10.7. The molecule has 2 aliphatic rings. The monoisotopic (exact) mass is 290 g/mol. The van der Waals surface area contributed by atoms with Gasteiger partial charge in [-0.05, 0) is 43.6 Å². The van der Waals surface area contributed by atoms with Crippen molar-refractivity contribution in [1.82, 2.24) is 9.97 Å². The van der Waals surface area contributed by atoms with Crippen molar-refractivity contribution in [1.29, 1.82) is 0 Å². The Kier molecular flexibility index (Phi) is 3.02. The number of thioether (sulfide) groups is 1. The van der Waals surface area contributed by atoms with Crippen LogP contribution in [0.3, 0.4) is 0 Å². The van der Waals surface area contributed by atoms with Gasteiger partial charge in [0, 0.05) is 17.3 Å². The third-order valence-corrected chi connectivity index (χ3v) is 7.04. The number of carbonyl (C=O) groups is 1. The number of carbonyl (C=O) groups excluding carboxylic acids is 1. The fourth-order valence-electron chi connectivity index (χ4n) is 4.03. The van der Waals surface area contributed by atoms with Crippen LogP contribution < -0.4 is 0 Å². The Morgan fingerprint density at radius 2 is 1.80 bits per heavy atom. The van der Waals surface area contributed by atoms with Gasteiger partial charge >= 0.3 is 0 Å². The average molecular weight is 290 g/mol. The highest BCUT2D eigenvalue weighted by Gasteiger charge is 2.66. The van der Waals surface area contributed by atoms with Gasteiger partial charge in [0.1, 0.15) is 5.78 Å². The molecule has 108 valence electrons. The second-order valence-corrected chi connectivity index (χ2v) is 8.14. The van der Waals surface area contributed by atoms with Crippen molar-refractivity contribution in [3.63, 3.8) is 0 Å². The summed E-state index contributed by atoms with van der Waals surface area (Å²) in [4.78, 5) is 21.7. The van der Waals surface area contributed by atoms with Crippen LogP contribution in [-0.4, -0.2) is 21.0 Å². The predicted octanol–water partition coefficient (Wildman–Crippen LogP) is 3.58. The van der Waals surface area contributed by atoms with Crippen molar-refractivity contribution in [3.05, 3.63) is 17.5 Å². The van der Waals surface area contributed by atoms with E-state index in [-0.39, 0.29) is 22.0 Å². The summed E-state index contributed by atoms with van der Waals surface area (Å²) < 4.78 is 0. The number of aryl methyl sites for hydroxylation is 2. The Balaban J connectivity index is 1.94. The van der Waals surface area contributed by atoms with E-state index in [9.17, 15) is 4.79 Å². The number of hydrogen-bond acceptors (Lipinski definition) is 4. The van der Waals surface area contributed by atoms with Crippen LogP contribution in [0.5, 0.6) is 0 Å². The van der Waals surface area contributed by atoms with Gasteiger partial charge in [-0.1, -0.05) is 32.5 Å². The molecule has 4 heteroatoms.